The summed E-state index contributed by atoms with van der Waals surface area (Å²) in [7, 11) is 0. The molecule has 1 aliphatic heterocycles. The second-order valence-corrected chi connectivity index (χ2v) is 8.09. The third kappa shape index (κ3) is 2.86. The van der Waals surface area contributed by atoms with E-state index in [1.165, 1.54) is 13.8 Å². The molecule has 8 nitrogen and oxygen atoms in total. The Morgan fingerprint density at radius 1 is 1.22 bits per heavy atom. The fourth-order valence-electron chi connectivity index (χ4n) is 5.43. The summed E-state index contributed by atoms with van der Waals surface area (Å²) >= 11 is 0. The van der Waals surface area contributed by atoms with Crippen LogP contribution in [0.25, 0.3) is 0 Å². The molecule has 0 aromatic carbocycles. The molecular formula is C19H26O8. The van der Waals surface area contributed by atoms with Crippen molar-refractivity contribution >= 4 is 17.9 Å². The van der Waals surface area contributed by atoms with E-state index in [4.69, 9.17) is 14.2 Å². The van der Waals surface area contributed by atoms with Crippen molar-refractivity contribution in [2.75, 3.05) is 0 Å². The molecule has 0 spiro atoms. The molecule has 0 amide bonds. The summed E-state index contributed by atoms with van der Waals surface area (Å²) in [6.45, 7) is 9.79. The van der Waals surface area contributed by atoms with Crippen molar-refractivity contribution in [2.45, 2.75) is 64.6 Å². The number of ether oxygens (including phenoxy) is 3. The van der Waals surface area contributed by atoms with Gasteiger partial charge in [-0.25, -0.2) is 4.79 Å². The Kier molecular flexibility index (Phi) is 4.84. The van der Waals surface area contributed by atoms with E-state index >= 15 is 0 Å². The van der Waals surface area contributed by atoms with Crippen molar-refractivity contribution in [2.24, 2.45) is 23.2 Å². The molecular weight excluding hydrogens is 356 g/mol. The zero-order chi connectivity index (χ0) is 20.3. The first-order valence-electron chi connectivity index (χ1n) is 9.10. The molecule has 1 saturated heterocycles. The molecule has 0 aromatic rings. The molecule has 8 heteroatoms. The highest BCUT2D eigenvalue weighted by molar-refractivity contribution is 5.91. The van der Waals surface area contributed by atoms with Gasteiger partial charge in [-0.3, -0.25) is 9.59 Å². The Labute approximate surface area is 157 Å². The maximum atomic E-state index is 12.2. The second-order valence-electron chi connectivity index (χ2n) is 8.09. The number of hydrogen-bond acceptors (Lipinski definition) is 8. The molecule has 2 N–H and O–H groups in total. The van der Waals surface area contributed by atoms with Gasteiger partial charge in [0.05, 0.1) is 18.1 Å². The Hall–Kier alpha value is -1.93. The number of hydrogen-bond donors (Lipinski definition) is 2. The summed E-state index contributed by atoms with van der Waals surface area (Å²) in [6, 6.07) is 0. The zero-order valence-corrected chi connectivity index (χ0v) is 15.9. The van der Waals surface area contributed by atoms with E-state index in [0.29, 0.717) is 0 Å². The van der Waals surface area contributed by atoms with Crippen LogP contribution in [0.3, 0.4) is 0 Å². The lowest BCUT2D eigenvalue weighted by Gasteiger charge is -2.43. The fraction of sp³-hybridized carbons (Fsp3) is 0.737. The minimum absolute atomic E-state index is 0.0920. The van der Waals surface area contributed by atoms with Crippen LogP contribution in [-0.2, 0) is 28.6 Å². The lowest BCUT2D eigenvalue weighted by Crippen LogP contribution is -2.51. The number of fused-ring (bicyclic) bond motifs is 2. The van der Waals surface area contributed by atoms with E-state index in [2.05, 4.69) is 6.58 Å². The van der Waals surface area contributed by atoms with Gasteiger partial charge >= 0.3 is 17.9 Å². The number of rotatable bonds is 2. The number of esters is 3. The Balaban J connectivity index is 2.19. The third-order valence-corrected chi connectivity index (χ3v) is 6.52. The van der Waals surface area contributed by atoms with E-state index < -0.39 is 71.6 Å². The first kappa shape index (κ1) is 19.8. The Morgan fingerprint density at radius 2 is 1.81 bits per heavy atom. The summed E-state index contributed by atoms with van der Waals surface area (Å²) in [6.07, 6.45) is -4.51. The van der Waals surface area contributed by atoms with Crippen molar-refractivity contribution in [3.05, 3.63) is 12.2 Å². The van der Waals surface area contributed by atoms with Gasteiger partial charge in [0.2, 0.25) is 0 Å². The normalized spacial score (nSPS) is 46.1. The molecule has 2 saturated carbocycles. The monoisotopic (exact) mass is 382 g/mol. The van der Waals surface area contributed by atoms with E-state index in [1.807, 2.05) is 0 Å². The summed E-state index contributed by atoms with van der Waals surface area (Å²) in [5.41, 5.74) is -0.967. The minimum atomic E-state index is -1.07. The number of carbonyl (C=O) groups is 3. The maximum Gasteiger partial charge on any atom is 0.334 e. The standard InChI is InChI=1S/C19H26O8/c1-7-13-16(27-18(7)24)15(25-9(3)20)8(2)14-11(22)6-12(23)19(14,5)17(13)26-10(4)21/h8,11-17,22-23H,1,6H2,2-5H3/t8-,11-,12+,13+,14+,15+,16+,17+,19+/m0/s1. The van der Waals surface area contributed by atoms with Crippen molar-refractivity contribution < 1.29 is 38.8 Å². The molecule has 0 unspecified atom stereocenters. The first-order valence-corrected chi connectivity index (χ1v) is 9.10. The first-order chi connectivity index (χ1) is 12.5. The van der Waals surface area contributed by atoms with Gasteiger partial charge in [-0.15, -0.1) is 0 Å². The van der Waals surface area contributed by atoms with Gasteiger partial charge in [0.1, 0.15) is 18.3 Å². The summed E-state index contributed by atoms with van der Waals surface area (Å²) in [4.78, 5) is 35.8. The van der Waals surface area contributed by atoms with E-state index in [0.717, 1.165) is 0 Å². The van der Waals surface area contributed by atoms with E-state index in [-0.39, 0.29) is 12.0 Å². The molecule has 3 aliphatic rings. The highest BCUT2D eigenvalue weighted by Crippen LogP contribution is 2.58. The second kappa shape index (κ2) is 6.60. The van der Waals surface area contributed by atoms with Gasteiger partial charge in [-0.2, -0.15) is 0 Å². The number of aliphatic hydroxyl groups is 2. The van der Waals surface area contributed by atoms with Crippen LogP contribution in [0, 0.1) is 23.2 Å². The largest absolute Gasteiger partial charge is 0.461 e. The van der Waals surface area contributed by atoms with E-state index in [1.54, 1.807) is 13.8 Å². The molecule has 0 bridgehead atoms. The molecule has 3 rings (SSSR count). The topological polar surface area (TPSA) is 119 Å². The third-order valence-electron chi connectivity index (χ3n) is 6.52. The molecule has 9 atom stereocenters. The highest BCUT2D eigenvalue weighted by atomic mass is 16.6. The summed E-state index contributed by atoms with van der Waals surface area (Å²) < 4.78 is 16.6. The van der Waals surface area contributed by atoms with Gasteiger partial charge in [0.25, 0.3) is 0 Å². The van der Waals surface area contributed by atoms with Crippen LogP contribution in [0.15, 0.2) is 12.2 Å². The average Bonchev–Trinajstić information content (AvgIpc) is 2.93. The fourth-order valence-corrected chi connectivity index (χ4v) is 5.43. The molecule has 0 aromatic heterocycles. The van der Waals surface area contributed by atoms with Crippen LogP contribution in [0.2, 0.25) is 0 Å². The van der Waals surface area contributed by atoms with Gasteiger partial charge in [-0.1, -0.05) is 20.4 Å². The SMILES string of the molecule is C=C1C(=O)O[C@H]2[C@H](OC(C)=O)[C@@H](C)[C@@H]3[C@@H](O)C[C@@H](O)[C@@]3(C)[C@H](OC(C)=O)[C@H]12. The molecule has 2 aliphatic carbocycles. The Morgan fingerprint density at radius 3 is 2.37 bits per heavy atom. The molecule has 3 fully saturated rings. The minimum Gasteiger partial charge on any atom is -0.461 e. The Bertz CT molecular complexity index is 687. The van der Waals surface area contributed by atoms with Crippen molar-refractivity contribution in [3.63, 3.8) is 0 Å². The van der Waals surface area contributed by atoms with Crippen molar-refractivity contribution in [3.8, 4) is 0 Å². The number of aliphatic hydroxyl groups excluding tert-OH is 2. The van der Waals surface area contributed by atoms with Gasteiger partial charge in [0.15, 0.2) is 0 Å². The molecule has 150 valence electrons. The van der Waals surface area contributed by atoms with Crippen LogP contribution in [0.1, 0.15) is 34.1 Å². The average molecular weight is 382 g/mol. The van der Waals surface area contributed by atoms with Crippen LogP contribution in [-0.4, -0.2) is 58.6 Å². The van der Waals surface area contributed by atoms with Crippen LogP contribution >= 0.6 is 0 Å². The highest BCUT2D eigenvalue weighted by Gasteiger charge is 2.68. The molecule has 27 heavy (non-hydrogen) atoms. The van der Waals surface area contributed by atoms with Gasteiger partial charge in [0, 0.05) is 43.1 Å². The summed E-state index contributed by atoms with van der Waals surface area (Å²) in [5.74, 6) is -3.58. The van der Waals surface area contributed by atoms with Crippen LogP contribution < -0.4 is 0 Å². The lowest BCUT2D eigenvalue weighted by atomic mass is 9.66. The predicted molar refractivity (Wildman–Crippen MR) is 91.0 cm³/mol. The molecule has 1 heterocycles. The quantitative estimate of drug-likeness (QED) is 0.399. The predicted octanol–water partition coefficient (Wildman–Crippen LogP) is 0.345. The van der Waals surface area contributed by atoms with Crippen LogP contribution in [0.4, 0.5) is 0 Å². The van der Waals surface area contributed by atoms with Gasteiger partial charge < -0.3 is 24.4 Å². The van der Waals surface area contributed by atoms with Crippen LogP contribution in [0.5, 0.6) is 0 Å². The van der Waals surface area contributed by atoms with Crippen molar-refractivity contribution in [1.29, 1.82) is 0 Å². The number of carbonyl (C=O) groups excluding carboxylic acids is 3. The summed E-state index contributed by atoms with van der Waals surface area (Å²) in [5, 5.41) is 21.5. The van der Waals surface area contributed by atoms with Gasteiger partial charge in [-0.05, 0) is 0 Å². The van der Waals surface area contributed by atoms with E-state index in [9.17, 15) is 24.6 Å². The zero-order valence-electron chi connectivity index (χ0n) is 15.9. The van der Waals surface area contributed by atoms with Crippen molar-refractivity contribution in [1.82, 2.24) is 0 Å². The smallest absolute Gasteiger partial charge is 0.334 e. The lowest BCUT2D eigenvalue weighted by molar-refractivity contribution is -0.170. The molecule has 0 radical (unpaired) electrons. The maximum absolute atomic E-state index is 12.2.